The molecule has 0 aliphatic carbocycles. The monoisotopic (exact) mass is 523 g/mol. The van der Waals surface area contributed by atoms with Crippen molar-refractivity contribution >= 4 is 18.0 Å². The molecule has 0 aliphatic heterocycles. The molecule has 0 bridgehead atoms. The fourth-order valence-electron chi connectivity index (χ4n) is 3.86. The van der Waals surface area contributed by atoms with Crippen molar-refractivity contribution < 1.29 is 33.8 Å². The molecule has 2 amide bonds. The van der Waals surface area contributed by atoms with Crippen LogP contribution < -0.4 is 10.6 Å². The number of carboxylic acids is 1. The molecule has 4 N–H and O–H groups in total. The lowest BCUT2D eigenvalue weighted by atomic mass is 9.99. The Labute approximate surface area is 221 Å². The maximum Gasteiger partial charge on any atom is 0.408 e. The number of rotatable bonds is 13. The molecule has 3 aromatic rings. The van der Waals surface area contributed by atoms with E-state index in [9.17, 15) is 19.5 Å². The Kier molecular flexibility index (Phi) is 10.4. The predicted molar refractivity (Wildman–Crippen MR) is 138 cm³/mol. The van der Waals surface area contributed by atoms with E-state index >= 15 is 0 Å². The van der Waals surface area contributed by atoms with Crippen molar-refractivity contribution in [2.75, 3.05) is 0 Å². The number of nitrogens with one attached hydrogen (secondary N) is 2. The van der Waals surface area contributed by atoms with Crippen molar-refractivity contribution in [3.05, 3.63) is 89.6 Å². The highest BCUT2D eigenvalue weighted by atomic mass is 16.5. The van der Waals surface area contributed by atoms with Crippen molar-refractivity contribution in [2.45, 2.75) is 57.9 Å². The van der Waals surface area contributed by atoms with E-state index in [-0.39, 0.29) is 24.1 Å². The molecule has 3 rings (SSSR count). The first kappa shape index (κ1) is 28.4. The van der Waals surface area contributed by atoms with Crippen LogP contribution in [0.15, 0.2) is 71.3 Å². The highest BCUT2D eigenvalue weighted by molar-refractivity contribution is 5.86. The summed E-state index contributed by atoms with van der Waals surface area (Å²) in [5, 5.41) is 25.6. The fourth-order valence-corrected chi connectivity index (χ4v) is 3.86. The number of nitrogens with zero attached hydrogens (tertiary/aromatic N) is 1. The van der Waals surface area contributed by atoms with Crippen LogP contribution >= 0.6 is 0 Å². The molecule has 10 heteroatoms. The van der Waals surface area contributed by atoms with Gasteiger partial charge in [-0.2, -0.15) is 0 Å². The molecule has 0 spiro atoms. The highest BCUT2D eigenvalue weighted by Crippen LogP contribution is 2.21. The van der Waals surface area contributed by atoms with Crippen molar-refractivity contribution in [1.82, 2.24) is 15.6 Å². The second kappa shape index (κ2) is 13.9. The lowest BCUT2D eigenvalue weighted by molar-refractivity contribution is -0.125. The van der Waals surface area contributed by atoms with Crippen LogP contribution in [0, 0.1) is 5.92 Å². The average Bonchev–Trinajstić information content (AvgIpc) is 3.41. The Bertz CT molecular complexity index is 1180. The van der Waals surface area contributed by atoms with Crippen molar-refractivity contribution in [3.8, 4) is 0 Å². The number of aromatic carboxylic acids is 1. The lowest BCUT2D eigenvalue weighted by Crippen LogP contribution is -2.51. The number of carboxylic acid groups (broad SMARTS) is 1. The molecule has 0 saturated carbocycles. The van der Waals surface area contributed by atoms with Gasteiger partial charge in [-0.1, -0.05) is 74.5 Å². The minimum Gasteiger partial charge on any atom is -0.476 e. The number of ether oxygens (including phenoxy) is 1. The number of carbonyl (C=O) groups is 3. The number of hydrogen-bond donors (Lipinski definition) is 4. The molecule has 1 heterocycles. The number of aliphatic hydroxyl groups is 1. The Morgan fingerprint density at radius 1 is 0.974 bits per heavy atom. The number of aromatic nitrogens is 1. The summed E-state index contributed by atoms with van der Waals surface area (Å²) in [6.45, 7) is 3.88. The van der Waals surface area contributed by atoms with Gasteiger partial charge in [0.05, 0.1) is 6.04 Å². The number of carbonyl (C=O) groups excluding carboxylic acids is 2. The summed E-state index contributed by atoms with van der Waals surface area (Å²) in [7, 11) is 0. The van der Waals surface area contributed by atoms with Gasteiger partial charge in [0, 0.05) is 0 Å². The number of hydrogen-bond acceptors (Lipinski definition) is 7. The van der Waals surface area contributed by atoms with E-state index in [1.54, 1.807) is 0 Å². The van der Waals surface area contributed by atoms with Crippen LogP contribution in [0.4, 0.5) is 4.79 Å². The summed E-state index contributed by atoms with van der Waals surface area (Å²) in [6, 6.07) is 16.9. The molecule has 0 saturated heterocycles. The van der Waals surface area contributed by atoms with Gasteiger partial charge in [-0.3, -0.25) is 4.79 Å². The minimum absolute atomic E-state index is 0.0528. The van der Waals surface area contributed by atoms with Crippen LogP contribution in [0.25, 0.3) is 0 Å². The fraction of sp³-hybridized carbons (Fsp3) is 0.357. The second-order valence-corrected chi connectivity index (χ2v) is 9.35. The summed E-state index contributed by atoms with van der Waals surface area (Å²) < 4.78 is 10.5. The Morgan fingerprint density at radius 2 is 1.61 bits per heavy atom. The van der Waals surface area contributed by atoms with Crippen LogP contribution in [-0.4, -0.2) is 45.3 Å². The summed E-state index contributed by atoms with van der Waals surface area (Å²) in [4.78, 5) is 40.8. The average molecular weight is 524 g/mol. The molecule has 10 nitrogen and oxygen atoms in total. The van der Waals surface area contributed by atoms with Crippen LogP contribution in [0.1, 0.15) is 60.3 Å². The van der Waals surface area contributed by atoms with Gasteiger partial charge in [0.25, 0.3) is 0 Å². The van der Waals surface area contributed by atoms with Gasteiger partial charge in [-0.15, -0.1) is 0 Å². The molecule has 0 fully saturated rings. The van der Waals surface area contributed by atoms with E-state index in [4.69, 9.17) is 14.3 Å². The molecular formula is C28H33N3O7. The number of benzene rings is 2. The maximum absolute atomic E-state index is 13.3. The first-order valence-corrected chi connectivity index (χ1v) is 12.4. The summed E-state index contributed by atoms with van der Waals surface area (Å²) in [5.74, 6) is -1.97. The largest absolute Gasteiger partial charge is 0.476 e. The topological polar surface area (TPSA) is 151 Å². The highest BCUT2D eigenvalue weighted by Gasteiger charge is 2.31. The first-order valence-electron chi connectivity index (χ1n) is 12.4. The van der Waals surface area contributed by atoms with Gasteiger partial charge < -0.3 is 30.0 Å². The number of amides is 2. The van der Waals surface area contributed by atoms with E-state index in [2.05, 4.69) is 15.6 Å². The van der Waals surface area contributed by atoms with Gasteiger partial charge in [-0.25, -0.2) is 14.6 Å². The standard InChI is InChI=1S/C28H33N3O7/c1-18(2)15-22(31-28(36)38-16-20-11-7-4-8-12-20)25(33)29-21(14-13-19-9-5-3-6-10-19)24(32)26-30-23(17-37-26)27(34)35/h3-12,17-18,21-22,24,32H,13-16H2,1-2H3,(H,29,33)(H,31,36)(H,34,35)/t21-,22-,24?/m0/s1. The van der Waals surface area contributed by atoms with Gasteiger partial charge in [-0.05, 0) is 36.3 Å². The summed E-state index contributed by atoms with van der Waals surface area (Å²) in [5.41, 5.74) is 1.44. The van der Waals surface area contributed by atoms with E-state index in [1.807, 2.05) is 74.5 Å². The van der Waals surface area contributed by atoms with Crippen molar-refractivity contribution in [1.29, 1.82) is 0 Å². The molecule has 202 valence electrons. The Balaban J connectivity index is 1.72. The number of aliphatic hydroxyl groups excluding tert-OH is 1. The molecule has 0 aliphatic rings. The molecule has 38 heavy (non-hydrogen) atoms. The predicted octanol–water partition coefficient (Wildman–Crippen LogP) is 3.86. The Morgan fingerprint density at radius 3 is 2.18 bits per heavy atom. The first-order chi connectivity index (χ1) is 18.2. The van der Waals surface area contributed by atoms with E-state index in [0.717, 1.165) is 17.4 Å². The van der Waals surface area contributed by atoms with E-state index in [0.29, 0.717) is 19.3 Å². The number of oxazole rings is 1. The molecule has 3 atom stereocenters. The number of aryl methyl sites for hydroxylation is 1. The van der Waals surface area contributed by atoms with Crippen LogP contribution in [0.5, 0.6) is 0 Å². The number of alkyl carbamates (subject to hydrolysis) is 1. The molecule has 1 aromatic heterocycles. The maximum atomic E-state index is 13.3. The molecule has 0 radical (unpaired) electrons. The van der Waals surface area contributed by atoms with Crippen LogP contribution in [0.2, 0.25) is 0 Å². The van der Waals surface area contributed by atoms with Crippen molar-refractivity contribution in [2.24, 2.45) is 5.92 Å². The summed E-state index contributed by atoms with van der Waals surface area (Å²) in [6.07, 6.45) is -0.0836. The zero-order chi connectivity index (χ0) is 27.5. The molecule has 1 unspecified atom stereocenters. The van der Waals surface area contributed by atoms with Crippen molar-refractivity contribution in [3.63, 3.8) is 0 Å². The van der Waals surface area contributed by atoms with Crippen LogP contribution in [0.3, 0.4) is 0 Å². The van der Waals surface area contributed by atoms with Crippen LogP contribution in [-0.2, 0) is 22.6 Å². The Hall–Kier alpha value is -4.18. The molecule has 2 aromatic carbocycles. The lowest BCUT2D eigenvalue weighted by Gasteiger charge is -2.26. The SMILES string of the molecule is CC(C)C[C@H](NC(=O)OCc1ccccc1)C(=O)N[C@@H](CCc1ccccc1)C(O)c1nc(C(=O)O)co1. The third kappa shape index (κ3) is 8.74. The van der Waals surface area contributed by atoms with E-state index < -0.39 is 36.2 Å². The summed E-state index contributed by atoms with van der Waals surface area (Å²) >= 11 is 0. The molecular weight excluding hydrogens is 490 g/mol. The van der Waals surface area contributed by atoms with Gasteiger partial charge in [0.2, 0.25) is 11.8 Å². The second-order valence-electron chi connectivity index (χ2n) is 9.35. The smallest absolute Gasteiger partial charge is 0.408 e. The van der Waals surface area contributed by atoms with E-state index in [1.165, 1.54) is 0 Å². The normalized spacial score (nSPS) is 13.4. The quantitative estimate of drug-likeness (QED) is 0.264. The zero-order valence-corrected chi connectivity index (χ0v) is 21.4. The zero-order valence-electron chi connectivity index (χ0n) is 21.4. The van der Waals surface area contributed by atoms with Gasteiger partial charge in [0.1, 0.15) is 18.9 Å². The van der Waals surface area contributed by atoms with Gasteiger partial charge in [0.15, 0.2) is 11.8 Å². The van der Waals surface area contributed by atoms with Gasteiger partial charge >= 0.3 is 12.1 Å². The minimum atomic E-state index is -1.42. The third-order valence-electron chi connectivity index (χ3n) is 5.82. The third-order valence-corrected chi connectivity index (χ3v) is 5.82.